The van der Waals surface area contributed by atoms with Gasteiger partial charge >= 0.3 is 0 Å². The molecule has 0 heterocycles. The van der Waals surface area contributed by atoms with Crippen LogP contribution in [0.1, 0.15) is 10.4 Å². The molecule has 0 radical (unpaired) electrons. The van der Waals surface area contributed by atoms with Crippen LogP contribution in [0.2, 0.25) is 0 Å². The molecule has 0 aliphatic heterocycles. The van der Waals surface area contributed by atoms with E-state index in [1.54, 1.807) is 12.1 Å². The second kappa shape index (κ2) is 3.86. The van der Waals surface area contributed by atoms with E-state index in [2.05, 4.69) is 22.6 Å². The average molecular weight is 277 g/mol. The number of halogens is 1. The third-order valence-corrected chi connectivity index (χ3v) is 2.10. The van der Waals surface area contributed by atoms with Gasteiger partial charge in [-0.1, -0.05) is 0 Å². The summed E-state index contributed by atoms with van der Waals surface area (Å²) in [5.74, 6) is -0.397. The molecule has 3 nitrogen and oxygen atoms in total. The summed E-state index contributed by atoms with van der Waals surface area (Å²) in [4.78, 5) is 11.1. The number of hydroxylamine groups is 2. The Kier molecular flexibility index (Phi) is 3.05. The first kappa shape index (κ1) is 9.47. The van der Waals surface area contributed by atoms with Crippen molar-refractivity contribution in [3.05, 3.63) is 33.4 Å². The van der Waals surface area contributed by atoms with Gasteiger partial charge in [0.1, 0.15) is 0 Å². The van der Waals surface area contributed by atoms with Gasteiger partial charge in [-0.25, -0.2) is 5.06 Å². The first-order valence-electron chi connectivity index (χ1n) is 3.34. The van der Waals surface area contributed by atoms with Crippen molar-refractivity contribution in [1.82, 2.24) is 5.06 Å². The van der Waals surface area contributed by atoms with Gasteiger partial charge < -0.3 is 0 Å². The number of hydrogen-bond acceptors (Lipinski definition) is 2. The highest BCUT2D eigenvalue weighted by Crippen LogP contribution is 2.07. The van der Waals surface area contributed by atoms with Crippen LogP contribution >= 0.6 is 22.6 Å². The summed E-state index contributed by atoms with van der Waals surface area (Å²) >= 11 is 2.15. The summed E-state index contributed by atoms with van der Waals surface area (Å²) in [6.07, 6.45) is 0. The maximum absolute atomic E-state index is 11.1. The van der Waals surface area contributed by atoms with E-state index in [0.717, 1.165) is 3.57 Å². The number of carbonyl (C=O) groups excluding carboxylic acids is 1. The molecular weight excluding hydrogens is 269 g/mol. The summed E-state index contributed by atoms with van der Waals surface area (Å²) in [6, 6.07) is 6.99. The largest absolute Gasteiger partial charge is 0.286 e. The highest BCUT2D eigenvalue weighted by molar-refractivity contribution is 14.1. The lowest BCUT2D eigenvalue weighted by molar-refractivity contribution is -0.0374. The second-order valence-corrected chi connectivity index (χ2v) is 3.58. The number of carbonyl (C=O) groups is 1. The number of rotatable bonds is 1. The quantitative estimate of drug-likeness (QED) is 0.482. The molecule has 0 aromatic heterocycles. The van der Waals surface area contributed by atoms with Gasteiger partial charge in [-0.05, 0) is 46.9 Å². The fourth-order valence-electron chi connectivity index (χ4n) is 0.779. The van der Waals surface area contributed by atoms with Crippen LogP contribution in [-0.4, -0.2) is 23.2 Å². The van der Waals surface area contributed by atoms with Crippen LogP contribution < -0.4 is 0 Å². The lowest BCUT2D eigenvalue weighted by Crippen LogP contribution is -2.22. The zero-order valence-corrected chi connectivity index (χ0v) is 8.65. The predicted octanol–water partition coefficient (Wildman–Crippen LogP) is 1.75. The Bertz CT molecular complexity index is 282. The van der Waals surface area contributed by atoms with Crippen LogP contribution in [0.5, 0.6) is 0 Å². The molecule has 0 spiro atoms. The minimum absolute atomic E-state index is 0.397. The SMILES string of the molecule is CN(O)C(=O)c1ccc(I)cc1. The molecule has 12 heavy (non-hydrogen) atoms. The van der Waals surface area contributed by atoms with E-state index in [-0.39, 0.29) is 0 Å². The number of amides is 1. The van der Waals surface area contributed by atoms with E-state index in [1.165, 1.54) is 7.05 Å². The maximum atomic E-state index is 11.1. The van der Waals surface area contributed by atoms with Gasteiger partial charge in [0.2, 0.25) is 0 Å². The van der Waals surface area contributed by atoms with E-state index in [9.17, 15) is 4.79 Å². The van der Waals surface area contributed by atoms with Gasteiger partial charge in [0.25, 0.3) is 5.91 Å². The summed E-state index contributed by atoms with van der Waals surface area (Å²) in [5.41, 5.74) is 0.486. The zero-order chi connectivity index (χ0) is 9.14. The molecule has 0 aliphatic carbocycles. The Hall–Kier alpha value is -0.620. The molecule has 0 bridgehead atoms. The van der Waals surface area contributed by atoms with E-state index in [1.807, 2.05) is 12.1 Å². The topological polar surface area (TPSA) is 40.5 Å². The van der Waals surface area contributed by atoms with Gasteiger partial charge in [-0.3, -0.25) is 10.0 Å². The van der Waals surface area contributed by atoms with Gasteiger partial charge in [-0.15, -0.1) is 0 Å². The fraction of sp³-hybridized carbons (Fsp3) is 0.125. The van der Waals surface area contributed by atoms with Crippen molar-refractivity contribution < 1.29 is 10.0 Å². The van der Waals surface area contributed by atoms with Crippen molar-refractivity contribution in [2.24, 2.45) is 0 Å². The second-order valence-electron chi connectivity index (χ2n) is 2.34. The minimum atomic E-state index is -0.397. The summed E-state index contributed by atoms with van der Waals surface area (Å²) in [5, 5.41) is 9.40. The molecule has 1 aromatic rings. The summed E-state index contributed by atoms with van der Waals surface area (Å²) in [7, 11) is 1.31. The molecule has 64 valence electrons. The molecule has 0 atom stereocenters. The van der Waals surface area contributed by atoms with Crippen molar-refractivity contribution in [1.29, 1.82) is 0 Å². The summed E-state index contributed by atoms with van der Waals surface area (Å²) in [6.45, 7) is 0. The van der Waals surface area contributed by atoms with Crippen LogP contribution in [0.3, 0.4) is 0 Å². The first-order valence-corrected chi connectivity index (χ1v) is 4.41. The van der Waals surface area contributed by atoms with E-state index < -0.39 is 5.91 Å². The standard InChI is InChI=1S/C8H8INO2/c1-10(12)8(11)6-2-4-7(9)5-3-6/h2-5,12H,1H3. The Morgan fingerprint density at radius 3 is 2.33 bits per heavy atom. The van der Waals surface area contributed by atoms with Gasteiger partial charge in [0, 0.05) is 16.2 Å². The van der Waals surface area contributed by atoms with Gasteiger partial charge in [0.15, 0.2) is 0 Å². The molecule has 1 rings (SSSR count). The normalized spacial score (nSPS) is 9.58. The Balaban J connectivity index is 2.90. The van der Waals surface area contributed by atoms with Crippen LogP contribution in [0, 0.1) is 3.57 Å². The Labute approximate surface area is 84.1 Å². The monoisotopic (exact) mass is 277 g/mol. The molecule has 0 saturated heterocycles. The van der Waals surface area contributed by atoms with Crippen LogP contribution in [0.25, 0.3) is 0 Å². The minimum Gasteiger partial charge on any atom is -0.286 e. The Morgan fingerprint density at radius 2 is 1.92 bits per heavy atom. The highest BCUT2D eigenvalue weighted by Gasteiger charge is 2.07. The number of nitrogens with zero attached hydrogens (tertiary/aromatic N) is 1. The smallest absolute Gasteiger partial charge is 0.276 e. The molecule has 0 saturated carbocycles. The zero-order valence-electron chi connectivity index (χ0n) is 6.49. The van der Waals surface area contributed by atoms with Gasteiger partial charge in [-0.2, -0.15) is 0 Å². The molecule has 1 amide bonds. The number of hydrogen-bond donors (Lipinski definition) is 1. The average Bonchev–Trinajstić information content (AvgIpc) is 2.04. The first-order chi connectivity index (χ1) is 5.61. The molecule has 1 N–H and O–H groups in total. The van der Waals surface area contributed by atoms with Crippen LogP contribution in [0.15, 0.2) is 24.3 Å². The van der Waals surface area contributed by atoms with Gasteiger partial charge in [0.05, 0.1) is 0 Å². The maximum Gasteiger partial charge on any atom is 0.276 e. The predicted molar refractivity (Wildman–Crippen MR) is 53.0 cm³/mol. The molecular formula is C8H8INO2. The third kappa shape index (κ3) is 2.18. The van der Waals surface area contributed by atoms with Crippen molar-refractivity contribution in [2.75, 3.05) is 7.05 Å². The molecule has 0 aliphatic rings. The van der Waals surface area contributed by atoms with Crippen molar-refractivity contribution in [2.45, 2.75) is 0 Å². The van der Waals surface area contributed by atoms with E-state index in [4.69, 9.17) is 5.21 Å². The third-order valence-electron chi connectivity index (χ3n) is 1.39. The van der Waals surface area contributed by atoms with E-state index >= 15 is 0 Å². The molecule has 0 unspecified atom stereocenters. The fourth-order valence-corrected chi connectivity index (χ4v) is 1.14. The lowest BCUT2D eigenvalue weighted by Gasteiger charge is -2.07. The molecule has 4 heteroatoms. The Morgan fingerprint density at radius 1 is 1.42 bits per heavy atom. The van der Waals surface area contributed by atoms with Crippen LogP contribution in [0.4, 0.5) is 0 Å². The van der Waals surface area contributed by atoms with Crippen molar-refractivity contribution in [3.8, 4) is 0 Å². The van der Waals surface area contributed by atoms with Crippen molar-refractivity contribution >= 4 is 28.5 Å². The van der Waals surface area contributed by atoms with Crippen molar-refractivity contribution in [3.63, 3.8) is 0 Å². The summed E-state index contributed by atoms with van der Waals surface area (Å²) < 4.78 is 1.06. The highest BCUT2D eigenvalue weighted by atomic mass is 127. The van der Waals surface area contributed by atoms with Crippen LogP contribution in [-0.2, 0) is 0 Å². The molecule has 1 aromatic carbocycles. The molecule has 0 fully saturated rings. The lowest BCUT2D eigenvalue weighted by atomic mass is 10.2. The number of benzene rings is 1. The van der Waals surface area contributed by atoms with E-state index in [0.29, 0.717) is 10.6 Å².